The van der Waals surface area contributed by atoms with Crippen molar-refractivity contribution in [1.82, 2.24) is 0 Å². The summed E-state index contributed by atoms with van der Waals surface area (Å²) in [4.78, 5) is 1.30. The first-order valence-electron chi connectivity index (χ1n) is 6.93. The first-order valence-corrected chi connectivity index (χ1v) is 10.3. The van der Waals surface area contributed by atoms with Crippen molar-refractivity contribution in [1.29, 1.82) is 0 Å². The number of alkyl halides is 1. The number of ether oxygens (including phenoxy) is 1. The zero-order valence-corrected chi connectivity index (χ0v) is 15.1. The van der Waals surface area contributed by atoms with Crippen LogP contribution in [-0.2, 0) is 6.42 Å². The largest absolute Gasteiger partial charge is 0.457 e. The fourth-order valence-corrected chi connectivity index (χ4v) is 4.58. The summed E-state index contributed by atoms with van der Waals surface area (Å²) in [6, 6.07) is 14.9. The molecule has 0 bridgehead atoms. The minimum atomic E-state index is 0.452. The Hall–Kier alpha value is -0.580. The number of para-hydroxylation sites is 1. The van der Waals surface area contributed by atoms with Crippen molar-refractivity contribution in [2.75, 3.05) is 17.3 Å². The van der Waals surface area contributed by atoms with Crippen LogP contribution in [0.25, 0.3) is 0 Å². The molecule has 2 aromatic rings. The molecule has 0 amide bonds. The quantitative estimate of drug-likeness (QED) is 0.480. The number of benzene rings is 2. The molecule has 2 aromatic carbocycles. The second-order valence-corrected chi connectivity index (χ2v) is 7.85. The van der Waals surface area contributed by atoms with Gasteiger partial charge in [0.1, 0.15) is 11.5 Å². The maximum absolute atomic E-state index is 6.18. The van der Waals surface area contributed by atoms with E-state index in [0.29, 0.717) is 5.25 Å². The second kappa shape index (κ2) is 7.12. The lowest BCUT2D eigenvalue weighted by molar-refractivity contribution is 0.478. The van der Waals surface area contributed by atoms with E-state index in [-0.39, 0.29) is 0 Å². The average molecular weight is 381 g/mol. The minimum Gasteiger partial charge on any atom is -0.457 e. The van der Waals surface area contributed by atoms with Gasteiger partial charge in [-0.05, 0) is 42.5 Å². The first kappa shape index (κ1) is 15.3. The highest BCUT2D eigenvalue weighted by molar-refractivity contribution is 9.09. The SMILES string of the molecule is CSc1ccc2c(c1)[C@@H](SCCBr)Cc1ccccc1O2. The van der Waals surface area contributed by atoms with Crippen LogP contribution in [0, 0.1) is 0 Å². The van der Waals surface area contributed by atoms with E-state index >= 15 is 0 Å². The molecule has 0 radical (unpaired) electrons. The molecule has 0 aliphatic carbocycles. The smallest absolute Gasteiger partial charge is 0.131 e. The number of rotatable bonds is 4. The van der Waals surface area contributed by atoms with Gasteiger partial charge in [-0.15, -0.1) is 11.8 Å². The lowest BCUT2D eigenvalue weighted by atomic mass is 10.0. The summed E-state index contributed by atoms with van der Waals surface area (Å²) in [5.41, 5.74) is 2.62. The standard InChI is InChI=1S/C17H17BrOS2/c1-20-13-6-7-16-14(11-13)17(21-9-8-18)10-12-4-2-3-5-15(12)19-16/h2-7,11,17H,8-10H2,1H3/t17-/m0/s1. The Kier molecular flexibility index (Phi) is 5.19. The van der Waals surface area contributed by atoms with E-state index in [4.69, 9.17) is 4.74 Å². The Morgan fingerprint density at radius 3 is 2.86 bits per heavy atom. The van der Waals surface area contributed by atoms with Gasteiger partial charge < -0.3 is 4.74 Å². The fourth-order valence-electron chi connectivity index (χ4n) is 2.53. The van der Waals surface area contributed by atoms with E-state index in [2.05, 4.69) is 58.6 Å². The highest BCUT2D eigenvalue weighted by Gasteiger charge is 2.23. The van der Waals surface area contributed by atoms with Gasteiger partial charge in [0.25, 0.3) is 0 Å². The molecule has 1 nitrogen and oxygen atoms in total. The molecule has 0 fully saturated rings. The Morgan fingerprint density at radius 2 is 2.05 bits per heavy atom. The van der Waals surface area contributed by atoms with Gasteiger partial charge in [0.2, 0.25) is 0 Å². The van der Waals surface area contributed by atoms with Crippen molar-refractivity contribution in [3.05, 3.63) is 53.6 Å². The van der Waals surface area contributed by atoms with Gasteiger partial charge in [0.15, 0.2) is 0 Å². The van der Waals surface area contributed by atoms with Crippen LogP contribution in [0.4, 0.5) is 0 Å². The molecule has 0 saturated carbocycles. The van der Waals surface area contributed by atoms with Crippen molar-refractivity contribution in [3.8, 4) is 11.5 Å². The molecule has 3 rings (SSSR count). The highest BCUT2D eigenvalue weighted by Crippen LogP contribution is 2.45. The maximum Gasteiger partial charge on any atom is 0.131 e. The normalized spacial score (nSPS) is 16.6. The molecule has 1 aliphatic heterocycles. The van der Waals surface area contributed by atoms with Crippen LogP contribution in [-0.4, -0.2) is 17.3 Å². The topological polar surface area (TPSA) is 9.23 Å². The predicted molar refractivity (Wildman–Crippen MR) is 97.4 cm³/mol. The first-order chi connectivity index (χ1) is 10.3. The van der Waals surface area contributed by atoms with E-state index in [1.165, 1.54) is 16.0 Å². The van der Waals surface area contributed by atoms with Crippen LogP contribution in [0.2, 0.25) is 0 Å². The zero-order valence-electron chi connectivity index (χ0n) is 11.8. The van der Waals surface area contributed by atoms with Gasteiger partial charge >= 0.3 is 0 Å². The molecule has 4 heteroatoms. The monoisotopic (exact) mass is 380 g/mol. The Morgan fingerprint density at radius 1 is 1.19 bits per heavy atom. The van der Waals surface area contributed by atoms with E-state index in [0.717, 1.165) is 29.0 Å². The highest BCUT2D eigenvalue weighted by atomic mass is 79.9. The van der Waals surface area contributed by atoms with Gasteiger partial charge in [0, 0.05) is 26.8 Å². The van der Waals surface area contributed by atoms with Crippen LogP contribution >= 0.6 is 39.5 Å². The number of hydrogen-bond donors (Lipinski definition) is 0. The van der Waals surface area contributed by atoms with Crippen molar-refractivity contribution < 1.29 is 4.74 Å². The average Bonchev–Trinajstić information content (AvgIpc) is 2.68. The molecule has 0 saturated heterocycles. The summed E-state index contributed by atoms with van der Waals surface area (Å²) in [6.45, 7) is 0. The van der Waals surface area contributed by atoms with Gasteiger partial charge in [-0.2, -0.15) is 11.8 Å². The van der Waals surface area contributed by atoms with Gasteiger partial charge in [-0.3, -0.25) is 0 Å². The van der Waals surface area contributed by atoms with E-state index in [9.17, 15) is 0 Å². The third-order valence-electron chi connectivity index (χ3n) is 3.56. The summed E-state index contributed by atoms with van der Waals surface area (Å²) in [5.74, 6) is 3.11. The molecule has 1 atom stereocenters. The molecule has 0 aromatic heterocycles. The lowest BCUT2D eigenvalue weighted by Crippen LogP contribution is -1.99. The molecule has 1 aliphatic rings. The Balaban J connectivity index is 2.03. The van der Waals surface area contributed by atoms with Crippen LogP contribution in [0.15, 0.2) is 47.4 Å². The van der Waals surface area contributed by atoms with Crippen LogP contribution in [0.5, 0.6) is 11.5 Å². The van der Waals surface area contributed by atoms with Crippen LogP contribution in [0.3, 0.4) is 0 Å². The van der Waals surface area contributed by atoms with Gasteiger partial charge in [-0.25, -0.2) is 0 Å². The summed E-state index contributed by atoms with van der Waals surface area (Å²) in [5, 5.41) is 1.47. The summed E-state index contributed by atoms with van der Waals surface area (Å²) in [7, 11) is 0. The fraction of sp³-hybridized carbons (Fsp3) is 0.294. The van der Waals surface area contributed by atoms with E-state index in [1.807, 2.05) is 17.8 Å². The third kappa shape index (κ3) is 3.43. The summed E-state index contributed by atoms with van der Waals surface area (Å²) >= 11 is 7.32. The van der Waals surface area contributed by atoms with E-state index < -0.39 is 0 Å². The number of hydrogen-bond acceptors (Lipinski definition) is 3. The Labute approximate surface area is 143 Å². The Bertz CT molecular complexity index is 630. The summed E-state index contributed by atoms with van der Waals surface area (Å²) < 4.78 is 6.18. The molecule has 0 spiro atoms. The van der Waals surface area contributed by atoms with Crippen molar-refractivity contribution in [2.45, 2.75) is 16.6 Å². The van der Waals surface area contributed by atoms with E-state index in [1.54, 1.807) is 11.8 Å². The lowest BCUT2D eigenvalue weighted by Gasteiger charge is -2.16. The zero-order chi connectivity index (χ0) is 14.7. The number of fused-ring (bicyclic) bond motifs is 2. The van der Waals surface area contributed by atoms with Gasteiger partial charge in [-0.1, -0.05) is 34.1 Å². The number of halogens is 1. The summed E-state index contributed by atoms with van der Waals surface area (Å²) in [6.07, 6.45) is 3.15. The third-order valence-corrected chi connectivity index (χ3v) is 6.47. The predicted octanol–water partition coefficient (Wildman–Crippen LogP) is 5.93. The van der Waals surface area contributed by atoms with Crippen molar-refractivity contribution in [3.63, 3.8) is 0 Å². The maximum atomic E-state index is 6.18. The second-order valence-electron chi connectivity index (χ2n) is 4.87. The molecule has 21 heavy (non-hydrogen) atoms. The van der Waals surface area contributed by atoms with Crippen molar-refractivity contribution >= 4 is 39.5 Å². The van der Waals surface area contributed by atoms with Crippen LogP contribution in [0.1, 0.15) is 16.4 Å². The van der Waals surface area contributed by atoms with Crippen molar-refractivity contribution in [2.24, 2.45) is 0 Å². The molecule has 0 unspecified atom stereocenters. The molecule has 0 N–H and O–H groups in total. The van der Waals surface area contributed by atoms with Crippen LogP contribution < -0.4 is 4.74 Å². The molecular formula is C17H17BrOS2. The molecule has 110 valence electrons. The molecule has 1 heterocycles. The minimum absolute atomic E-state index is 0.452. The molecular weight excluding hydrogens is 364 g/mol. The van der Waals surface area contributed by atoms with Gasteiger partial charge in [0.05, 0.1) is 0 Å². The number of thioether (sulfide) groups is 2.